The van der Waals surface area contributed by atoms with Crippen LogP contribution in [0.25, 0.3) is 0 Å². The Bertz CT molecular complexity index is 1120. The molecule has 1 fully saturated rings. The number of urea groups is 1. The molecule has 2 atom stereocenters. The molecule has 0 radical (unpaired) electrons. The molecule has 2 aromatic rings. The molecule has 196 valence electrons. The van der Waals surface area contributed by atoms with Crippen molar-refractivity contribution in [2.75, 3.05) is 20.1 Å². The number of alkyl halides is 6. The number of carbonyl (C=O) groups is 2. The van der Waals surface area contributed by atoms with E-state index in [1.807, 2.05) is 0 Å². The topological polar surface area (TPSA) is 66.6 Å². The minimum absolute atomic E-state index is 0.0260. The second kappa shape index (κ2) is 9.98. The monoisotopic (exact) mass is 519 g/mol. The lowest BCUT2D eigenvalue weighted by atomic mass is 9.78. The van der Waals surface area contributed by atoms with Crippen LogP contribution in [0.1, 0.15) is 40.2 Å². The van der Waals surface area contributed by atoms with E-state index in [0.29, 0.717) is 23.3 Å². The lowest BCUT2D eigenvalue weighted by molar-refractivity contribution is -0.143. The number of amides is 3. The summed E-state index contributed by atoms with van der Waals surface area (Å²) in [6.45, 7) is 1.32. The summed E-state index contributed by atoms with van der Waals surface area (Å²) >= 11 is 0. The van der Waals surface area contributed by atoms with Crippen LogP contribution >= 0.6 is 0 Å². The standard InChI is InChI=1S/C24H24F7N3O2/c1-13-7-17(25)3-4-18(13)20-12-34(22(32)36)6-5-19(20)21(35)33(2)11-14-8-15(23(26,27)28)10-16(9-14)24(29,30)31/h3-4,7-10,19-20H,5-6,11-12H2,1-2H3,(H2,32,36)/t19-,20+/m1/s1. The molecule has 1 heterocycles. The maximum Gasteiger partial charge on any atom is 0.416 e. The van der Waals surface area contributed by atoms with Gasteiger partial charge in [0.1, 0.15) is 5.82 Å². The van der Waals surface area contributed by atoms with Gasteiger partial charge in [-0.3, -0.25) is 4.79 Å². The van der Waals surface area contributed by atoms with Gasteiger partial charge in [0, 0.05) is 38.5 Å². The summed E-state index contributed by atoms with van der Waals surface area (Å²) in [7, 11) is 1.28. The van der Waals surface area contributed by atoms with E-state index in [9.17, 15) is 40.3 Å². The highest BCUT2D eigenvalue weighted by atomic mass is 19.4. The predicted molar refractivity (Wildman–Crippen MR) is 116 cm³/mol. The first-order valence-electron chi connectivity index (χ1n) is 10.9. The number of likely N-dealkylation sites (tertiary alicyclic amines) is 1. The third-order valence-electron chi connectivity index (χ3n) is 6.32. The maximum atomic E-state index is 13.7. The molecule has 0 saturated carbocycles. The Balaban J connectivity index is 1.92. The molecule has 1 aliphatic rings. The van der Waals surface area contributed by atoms with Gasteiger partial charge in [-0.2, -0.15) is 26.3 Å². The molecule has 12 heteroatoms. The van der Waals surface area contributed by atoms with Crippen LogP contribution in [-0.2, 0) is 23.7 Å². The van der Waals surface area contributed by atoms with Crippen molar-refractivity contribution in [2.45, 2.75) is 38.2 Å². The van der Waals surface area contributed by atoms with Crippen molar-refractivity contribution >= 4 is 11.9 Å². The minimum Gasteiger partial charge on any atom is -0.351 e. The SMILES string of the molecule is Cc1cc(F)ccc1[C@@H]1CN(C(N)=O)CC[C@H]1C(=O)N(C)Cc1cc(C(F)(F)F)cc(C(F)(F)F)c1. The van der Waals surface area contributed by atoms with E-state index in [1.165, 1.54) is 30.1 Å². The number of carbonyl (C=O) groups excluding carboxylic acids is 2. The quantitative estimate of drug-likeness (QED) is 0.557. The highest BCUT2D eigenvalue weighted by Crippen LogP contribution is 2.38. The van der Waals surface area contributed by atoms with E-state index in [-0.39, 0.29) is 31.1 Å². The summed E-state index contributed by atoms with van der Waals surface area (Å²) in [5.74, 6) is -2.39. The number of aryl methyl sites for hydroxylation is 1. The van der Waals surface area contributed by atoms with E-state index in [1.54, 1.807) is 6.92 Å². The molecule has 1 aliphatic heterocycles. The summed E-state index contributed by atoms with van der Waals surface area (Å²) in [6.07, 6.45) is -9.86. The third kappa shape index (κ3) is 6.08. The molecule has 2 N–H and O–H groups in total. The summed E-state index contributed by atoms with van der Waals surface area (Å²) in [4.78, 5) is 27.5. The normalized spacial score (nSPS) is 18.8. The van der Waals surface area contributed by atoms with Gasteiger partial charge in [-0.25, -0.2) is 9.18 Å². The molecule has 1 saturated heterocycles. The Morgan fingerprint density at radius 2 is 1.61 bits per heavy atom. The van der Waals surface area contributed by atoms with E-state index in [0.717, 1.165) is 4.90 Å². The van der Waals surface area contributed by atoms with Crippen molar-refractivity contribution in [1.29, 1.82) is 0 Å². The Kier molecular flexibility index (Phi) is 7.56. The van der Waals surface area contributed by atoms with Gasteiger partial charge in [-0.1, -0.05) is 6.07 Å². The van der Waals surface area contributed by atoms with E-state index in [4.69, 9.17) is 5.73 Å². The van der Waals surface area contributed by atoms with Gasteiger partial charge < -0.3 is 15.5 Å². The first kappa shape index (κ1) is 27.3. The fraction of sp³-hybridized carbons (Fsp3) is 0.417. The van der Waals surface area contributed by atoms with Crippen LogP contribution in [0.15, 0.2) is 36.4 Å². The smallest absolute Gasteiger partial charge is 0.351 e. The summed E-state index contributed by atoms with van der Waals surface area (Å²) < 4.78 is 92.9. The first-order valence-corrected chi connectivity index (χ1v) is 10.9. The number of benzene rings is 2. The van der Waals surface area contributed by atoms with Gasteiger partial charge in [0.05, 0.1) is 11.1 Å². The Labute approximate surface area is 202 Å². The third-order valence-corrected chi connectivity index (χ3v) is 6.32. The number of nitrogens with two attached hydrogens (primary N) is 1. The molecule has 5 nitrogen and oxygen atoms in total. The summed E-state index contributed by atoms with van der Waals surface area (Å²) in [5.41, 5.74) is 3.24. The number of rotatable bonds is 4. The van der Waals surface area contributed by atoms with Gasteiger partial charge >= 0.3 is 18.4 Å². The minimum atomic E-state index is -5.01. The van der Waals surface area contributed by atoms with Crippen molar-refractivity contribution in [2.24, 2.45) is 11.7 Å². The molecular weight excluding hydrogens is 495 g/mol. The first-order chi connectivity index (χ1) is 16.6. The van der Waals surface area contributed by atoms with Crippen molar-refractivity contribution in [1.82, 2.24) is 9.80 Å². The van der Waals surface area contributed by atoms with Crippen LogP contribution in [0.2, 0.25) is 0 Å². The molecule has 2 aromatic carbocycles. The zero-order chi connectivity index (χ0) is 27.0. The van der Waals surface area contributed by atoms with Crippen molar-refractivity contribution in [3.63, 3.8) is 0 Å². The summed E-state index contributed by atoms with van der Waals surface area (Å²) in [6, 6.07) is 4.44. The van der Waals surface area contributed by atoms with Crippen LogP contribution in [0.3, 0.4) is 0 Å². The zero-order valence-electron chi connectivity index (χ0n) is 19.4. The predicted octanol–water partition coefficient (Wildman–Crippen LogP) is 5.31. The van der Waals surface area contributed by atoms with Crippen molar-refractivity contribution in [3.05, 3.63) is 70.0 Å². The van der Waals surface area contributed by atoms with E-state index >= 15 is 0 Å². The molecule has 0 unspecified atom stereocenters. The van der Waals surface area contributed by atoms with Gasteiger partial charge in [-0.15, -0.1) is 0 Å². The second-order valence-electron chi connectivity index (χ2n) is 8.90. The van der Waals surface area contributed by atoms with E-state index < -0.39 is 59.6 Å². The average Bonchev–Trinajstić information content (AvgIpc) is 2.76. The van der Waals surface area contributed by atoms with Crippen LogP contribution in [0.4, 0.5) is 35.5 Å². The lowest BCUT2D eigenvalue weighted by Gasteiger charge is -2.39. The Morgan fingerprint density at radius 3 is 2.11 bits per heavy atom. The summed E-state index contributed by atoms with van der Waals surface area (Å²) in [5, 5.41) is 0. The number of primary amides is 1. The average molecular weight is 519 g/mol. The highest BCUT2D eigenvalue weighted by molar-refractivity contribution is 5.81. The van der Waals surface area contributed by atoms with E-state index in [2.05, 4.69) is 0 Å². The molecule has 0 aromatic heterocycles. The van der Waals surface area contributed by atoms with Gasteiger partial charge in [0.15, 0.2) is 0 Å². The number of hydrogen-bond donors (Lipinski definition) is 1. The molecular formula is C24H24F7N3O2. The van der Waals surface area contributed by atoms with Crippen LogP contribution in [0.5, 0.6) is 0 Å². The lowest BCUT2D eigenvalue weighted by Crippen LogP contribution is -2.49. The van der Waals surface area contributed by atoms with Crippen LogP contribution in [0, 0.1) is 18.7 Å². The molecule has 0 aliphatic carbocycles. The zero-order valence-corrected chi connectivity index (χ0v) is 19.4. The van der Waals surface area contributed by atoms with Crippen molar-refractivity contribution < 1.29 is 40.3 Å². The van der Waals surface area contributed by atoms with Crippen LogP contribution < -0.4 is 5.73 Å². The van der Waals surface area contributed by atoms with Gasteiger partial charge in [0.2, 0.25) is 5.91 Å². The largest absolute Gasteiger partial charge is 0.416 e. The second-order valence-corrected chi connectivity index (χ2v) is 8.90. The van der Waals surface area contributed by atoms with Gasteiger partial charge in [-0.05, 0) is 60.4 Å². The number of halogens is 7. The van der Waals surface area contributed by atoms with Crippen molar-refractivity contribution in [3.8, 4) is 0 Å². The molecule has 36 heavy (non-hydrogen) atoms. The number of nitrogens with zero attached hydrogens (tertiary/aromatic N) is 2. The fourth-order valence-corrected chi connectivity index (χ4v) is 4.56. The van der Waals surface area contributed by atoms with Crippen LogP contribution in [-0.4, -0.2) is 41.9 Å². The number of hydrogen-bond acceptors (Lipinski definition) is 2. The molecule has 0 spiro atoms. The Morgan fingerprint density at radius 1 is 1.03 bits per heavy atom. The fourth-order valence-electron chi connectivity index (χ4n) is 4.56. The Hall–Kier alpha value is -3.31. The molecule has 0 bridgehead atoms. The maximum absolute atomic E-state index is 13.7. The van der Waals surface area contributed by atoms with Gasteiger partial charge in [0.25, 0.3) is 0 Å². The molecule has 3 rings (SSSR count). The molecule has 3 amide bonds. The highest BCUT2D eigenvalue weighted by Gasteiger charge is 2.39. The number of piperidine rings is 1.